The summed E-state index contributed by atoms with van der Waals surface area (Å²) in [6, 6.07) is 0. The van der Waals surface area contributed by atoms with Gasteiger partial charge in [0.25, 0.3) is 5.91 Å². The van der Waals surface area contributed by atoms with Crippen LogP contribution in [-0.4, -0.2) is 54.4 Å². The third-order valence-electron chi connectivity index (χ3n) is 2.57. The number of nitrogens with one attached hydrogen (secondary N) is 1. The first-order valence-corrected chi connectivity index (χ1v) is 7.75. The summed E-state index contributed by atoms with van der Waals surface area (Å²) in [5.41, 5.74) is 0. The van der Waals surface area contributed by atoms with Crippen LogP contribution in [0.15, 0.2) is 0 Å². The van der Waals surface area contributed by atoms with Crippen molar-refractivity contribution in [2.45, 2.75) is 27.2 Å². The van der Waals surface area contributed by atoms with Crippen molar-refractivity contribution in [3.05, 3.63) is 5.01 Å². The van der Waals surface area contributed by atoms with Crippen molar-refractivity contribution >= 4 is 22.4 Å². The van der Waals surface area contributed by atoms with Gasteiger partial charge < -0.3 is 15.0 Å². The molecule has 0 aliphatic rings. The van der Waals surface area contributed by atoms with Crippen LogP contribution in [0.2, 0.25) is 0 Å². The minimum absolute atomic E-state index is 0.0715. The van der Waals surface area contributed by atoms with Crippen molar-refractivity contribution in [3.8, 4) is 0 Å². The summed E-state index contributed by atoms with van der Waals surface area (Å²) < 4.78 is 5.06. The molecule has 0 radical (unpaired) electrons. The van der Waals surface area contributed by atoms with E-state index in [2.05, 4.69) is 36.3 Å². The van der Waals surface area contributed by atoms with Crippen LogP contribution in [0.25, 0.3) is 0 Å². The molecular formula is C13H24N4O2S. The molecule has 1 heterocycles. The van der Waals surface area contributed by atoms with E-state index in [1.807, 2.05) is 0 Å². The van der Waals surface area contributed by atoms with E-state index in [0.717, 1.165) is 13.0 Å². The first-order valence-electron chi connectivity index (χ1n) is 6.94. The zero-order valence-electron chi connectivity index (χ0n) is 12.7. The van der Waals surface area contributed by atoms with Crippen LogP contribution < -0.4 is 5.32 Å². The van der Waals surface area contributed by atoms with E-state index >= 15 is 0 Å². The molecule has 0 aliphatic heterocycles. The summed E-state index contributed by atoms with van der Waals surface area (Å²) in [4.78, 5) is 14.2. The maximum absolute atomic E-state index is 12.4. The molecule has 1 N–H and O–H groups in total. The average molecular weight is 300 g/mol. The topological polar surface area (TPSA) is 67.4 Å². The van der Waals surface area contributed by atoms with Gasteiger partial charge in [-0.25, -0.2) is 0 Å². The number of amides is 1. The minimum atomic E-state index is -0.0715. The number of rotatable bonds is 9. The fourth-order valence-corrected chi connectivity index (χ4v) is 2.40. The van der Waals surface area contributed by atoms with Gasteiger partial charge in [-0.05, 0) is 12.3 Å². The number of hydrogen-bond acceptors (Lipinski definition) is 6. The molecule has 0 aliphatic carbocycles. The summed E-state index contributed by atoms with van der Waals surface area (Å²) in [5, 5.41) is 12.2. The zero-order valence-corrected chi connectivity index (χ0v) is 13.5. The Bertz CT molecular complexity index is 409. The van der Waals surface area contributed by atoms with Crippen molar-refractivity contribution in [1.29, 1.82) is 0 Å². The predicted molar refractivity (Wildman–Crippen MR) is 81.3 cm³/mol. The normalized spacial score (nSPS) is 10.8. The number of methoxy groups -OCH3 is 1. The maximum atomic E-state index is 12.4. The molecule has 114 valence electrons. The summed E-state index contributed by atoms with van der Waals surface area (Å²) in [6.07, 6.45) is 1.01. The van der Waals surface area contributed by atoms with Crippen LogP contribution in [0.3, 0.4) is 0 Å². The Hall–Kier alpha value is -1.21. The standard InChI is InChI=1S/C13H24N4O2S/c1-5-6-14-13-16-15-11(20-13)12(18)17(7-8-19-4)9-10(2)3/h10H,5-9H2,1-4H3,(H,14,16). The third-order valence-corrected chi connectivity index (χ3v) is 3.44. The zero-order chi connectivity index (χ0) is 15.0. The van der Waals surface area contributed by atoms with E-state index in [-0.39, 0.29) is 5.91 Å². The molecular weight excluding hydrogens is 276 g/mol. The molecule has 0 saturated carbocycles. The van der Waals surface area contributed by atoms with Crippen LogP contribution in [0, 0.1) is 5.92 Å². The SMILES string of the molecule is CCCNc1nnc(C(=O)N(CCOC)CC(C)C)s1. The van der Waals surface area contributed by atoms with Crippen molar-refractivity contribution in [2.75, 3.05) is 38.7 Å². The molecule has 0 unspecified atom stereocenters. The number of aromatic nitrogens is 2. The smallest absolute Gasteiger partial charge is 0.284 e. The molecule has 0 atom stereocenters. The van der Waals surface area contributed by atoms with Gasteiger partial charge in [0.15, 0.2) is 0 Å². The second kappa shape index (κ2) is 8.86. The summed E-state index contributed by atoms with van der Waals surface area (Å²) in [7, 11) is 1.63. The van der Waals surface area contributed by atoms with Gasteiger partial charge in [0.05, 0.1) is 6.61 Å². The molecule has 1 aromatic heterocycles. The minimum Gasteiger partial charge on any atom is -0.383 e. The summed E-state index contributed by atoms with van der Waals surface area (Å²) in [6.45, 7) is 8.88. The Morgan fingerprint density at radius 2 is 2.20 bits per heavy atom. The molecule has 0 spiro atoms. The van der Waals surface area contributed by atoms with Gasteiger partial charge in [-0.3, -0.25) is 4.79 Å². The van der Waals surface area contributed by atoms with Crippen LogP contribution in [0.5, 0.6) is 0 Å². The van der Waals surface area contributed by atoms with Gasteiger partial charge in [0.2, 0.25) is 10.1 Å². The summed E-state index contributed by atoms with van der Waals surface area (Å²) >= 11 is 1.30. The van der Waals surface area contributed by atoms with E-state index in [9.17, 15) is 4.79 Å². The second-order valence-corrected chi connectivity index (χ2v) is 5.95. The molecule has 7 heteroatoms. The molecule has 20 heavy (non-hydrogen) atoms. The molecule has 0 fully saturated rings. The number of ether oxygens (including phenoxy) is 1. The lowest BCUT2D eigenvalue weighted by Gasteiger charge is -2.22. The highest BCUT2D eigenvalue weighted by Gasteiger charge is 2.20. The van der Waals surface area contributed by atoms with Gasteiger partial charge >= 0.3 is 0 Å². The van der Waals surface area contributed by atoms with Crippen LogP contribution in [-0.2, 0) is 4.74 Å². The molecule has 6 nitrogen and oxygen atoms in total. The van der Waals surface area contributed by atoms with E-state index in [1.165, 1.54) is 11.3 Å². The Morgan fingerprint density at radius 3 is 2.80 bits per heavy atom. The Labute approximate surface area is 124 Å². The van der Waals surface area contributed by atoms with Gasteiger partial charge in [-0.15, -0.1) is 10.2 Å². The van der Waals surface area contributed by atoms with Gasteiger partial charge in [-0.1, -0.05) is 32.1 Å². The van der Waals surface area contributed by atoms with Crippen molar-refractivity contribution < 1.29 is 9.53 Å². The Kier molecular flexibility index (Phi) is 7.46. The lowest BCUT2D eigenvalue weighted by molar-refractivity contribution is 0.0671. The second-order valence-electron chi connectivity index (χ2n) is 4.98. The Morgan fingerprint density at radius 1 is 1.45 bits per heavy atom. The van der Waals surface area contributed by atoms with Crippen molar-refractivity contribution in [1.82, 2.24) is 15.1 Å². The van der Waals surface area contributed by atoms with E-state index in [4.69, 9.17) is 4.74 Å². The molecule has 1 aromatic rings. The fourth-order valence-electron chi connectivity index (χ4n) is 1.67. The number of carbonyl (C=O) groups excluding carboxylic acids is 1. The first kappa shape index (κ1) is 16.8. The van der Waals surface area contributed by atoms with Crippen LogP contribution in [0.4, 0.5) is 5.13 Å². The van der Waals surface area contributed by atoms with Crippen molar-refractivity contribution in [3.63, 3.8) is 0 Å². The lowest BCUT2D eigenvalue weighted by atomic mass is 10.2. The lowest BCUT2D eigenvalue weighted by Crippen LogP contribution is -2.36. The average Bonchev–Trinajstić information content (AvgIpc) is 2.88. The van der Waals surface area contributed by atoms with E-state index in [0.29, 0.717) is 35.8 Å². The monoisotopic (exact) mass is 300 g/mol. The number of hydrogen-bond donors (Lipinski definition) is 1. The van der Waals surface area contributed by atoms with Gasteiger partial charge in [0.1, 0.15) is 0 Å². The first-order chi connectivity index (χ1) is 9.58. The molecule has 0 bridgehead atoms. The molecule has 0 aromatic carbocycles. The van der Waals surface area contributed by atoms with Crippen LogP contribution in [0.1, 0.15) is 37.0 Å². The highest BCUT2D eigenvalue weighted by molar-refractivity contribution is 7.17. The van der Waals surface area contributed by atoms with E-state index < -0.39 is 0 Å². The third kappa shape index (κ3) is 5.42. The van der Waals surface area contributed by atoms with Crippen molar-refractivity contribution in [2.24, 2.45) is 5.92 Å². The van der Waals surface area contributed by atoms with Gasteiger partial charge in [0, 0.05) is 26.7 Å². The largest absolute Gasteiger partial charge is 0.383 e. The number of carbonyl (C=O) groups is 1. The number of anilines is 1. The maximum Gasteiger partial charge on any atom is 0.284 e. The Balaban J connectivity index is 2.69. The van der Waals surface area contributed by atoms with E-state index in [1.54, 1.807) is 12.0 Å². The van der Waals surface area contributed by atoms with Gasteiger partial charge in [-0.2, -0.15) is 0 Å². The molecule has 1 amide bonds. The fraction of sp³-hybridized carbons (Fsp3) is 0.769. The molecule has 1 rings (SSSR count). The highest BCUT2D eigenvalue weighted by Crippen LogP contribution is 2.17. The molecule has 0 saturated heterocycles. The quantitative estimate of drug-likeness (QED) is 0.756. The highest BCUT2D eigenvalue weighted by atomic mass is 32.1. The predicted octanol–water partition coefficient (Wildman–Crippen LogP) is 2.10. The number of nitrogens with zero attached hydrogens (tertiary/aromatic N) is 3. The van der Waals surface area contributed by atoms with Crippen LogP contribution >= 0.6 is 11.3 Å². The summed E-state index contributed by atoms with van der Waals surface area (Å²) in [5.74, 6) is 0.333.